The van der Waals surface area contributed by atoms with Crippen molar-refractivity contribution in [3.63, 3.8) is 0 Å². The summed E-state index contributed by atoms with van der Waals surface area (Å²) in [5, 5.41) is 3.08. The number of hydrogen-bond acceptors (Lipinski definition) is 4. The number of nitrogens with zero attached hydrogens (tertiary/aromatic N) is 2. The molecule has 0 radical (unpaired) electrons. The summed E-state index contributed by atoms with van der Waals surface area (Å²) >= 11 is 0. The molecule has 4 rings (SSSR count). The molecule has 0 aromatic heterocycles. The van der Waals surface area contributed by atoms with E-state index in [-0.39, 0.29) is 29.8 Å². The second kappa shape index (κ2) is 6.30. The fraction of sp³-hybridized carbons (Fsp3) is 0.889. The molecule has 5 unspecified atom stereocenters. The summed E-state index contributed by atoms with van der Waals surface area (Å²) in [5.41, 5.74) is 6.33. The second-order valence-corrected chi connectivity index (χ2v) is 8.26. The average Bonchev–Trinajstić information content (AvgIpc) is 3.18. The molecule has 6 heteroatoms. The summed E-state index contributed by atoms with van der Waals surface area (Å²) in [6, 6.07) is 0.368. The van der Waals surface area contributed by atoms with E-state index in [1.807, 2.05) is 11.8 Å². The number of nitrogens with two attached hydrogens (primary N) is 1. The van der Waals surface area contributed by atoms with Gasteiger partial charge in [0.25, 0.3) is 0 Å². The lowest BCUT2D eigenvalue weighted by atomic mass is 9.84. The number of fused-ring (bicyclic) bond motifs is 2. The molecule has 0 aromatic carbocycles. The van der Waals surface area contributed by atoms with Gasteiger partial charge in [-0.15, -0.1) is 0 Å². The first-order valence-corrected chi connectivity index (χ1v) is 9.63. The maximum atomic E-state index is 12.9. The maximum Gasteiger partial charge on any atom is 0.237 e. The monoisotopic (exact) mass is 334 g/mol. The molecule has 5 atom stereocenters. The lowest BCUT2D eigenvalue weighted by Crippen LogP contribution is -2.57. The molecular weight excluding hydrogens is 304 g/mol. The van der Waals surface area contributed by atoms with Crippen molar-refractivity contribution in [1.29, 1.82) is 0 Å². The minimum absolute atomic E-state index is 0.0471. The van der Waals surface area contributed by atoms with Gasteiger partial charge in [-0.2, -0.15) is 0 Å². The predicted octanol–water partition coefficient (Wildman–Crippen LogP) is 0.171. The van der Waals surface area contributed by atoms with E-state index in [0.717, 1.165) is 45.4 Å². The van der Waals surface area contributed by atoms with Gasteiger partial charge in [-0.1, -0.05) is 0 Å². The standard InChI is InChI=1S/C18H30N4O2/c1-11(17(23)20-14-4-5-14)21-6-8-22(9-7-21)18(24)15-12-2-3-13(10-12)16(15)19/h11-16H,2-10,19H2,1H3,(H,20,23). The lowest BCUT2D eigenvalue weighted by molar-refractivity contribution is -0.140. The van der Waals surface area contributed by atoms with Crippen molar-refractivity contribution in [2.75, 3.05) is 26.2 Å². The highest BCUT2D eigenvalue weighted by Gasteiger charge is 2.50. The molecule has 4 aliphatic rings. The van der Waals surface area contributed by atoms with Crippen LogP contribution in [-0.2, 0) is 9.59 Å². The Morgan fingerprint density at radius 1 is 1.04 bits per heavy atom. The van der Waals surface area contributed by atoms with Crippen LogP contribution in [0.15, 0.2) is 0 Å². The fourth-order valence-corrected chi connectivity index (χ4v) is 4.96. The molecule has 1 saturated heterocycles. The molecule has 3 N–H and O–H groups in total. The number of piperazine rings is 1. The highest BCUT2D eigenvalue weighted by atomic mass is 16.2. The second-order valence-electron chi connectivity index (χ2n) is 8.26. The van der Waals surface area contributed by atoms with Gasteiger partial charge in [0.15, 0.2) is 0 Å². The summed E-state index contributed by atoms with van der Waals surface area (Å²) in [6.07, 6.45) is 5.76. The Hall–Kier alpha value is -1.14. The van der Waals surface area contributed by atoms with Crippen molar-refractivity contribution in [3.8, 4) is 0 Å². The van der Waals surface area contributed by atoms with Crippen LogP contribution in [0.5, 0.6) is 0 Å². The van der Waals surface area contributed by atoms with Gasteiger partial charge in [-0.05, 0) is 50.9 Å². The van der Waals surface area contributed by atoms with Crippen LogP contribution >= 0.6 is 0 Å². The largest absolute Gasteiger partial charge is 0.352 e. The van der Waals surface area contributed by atoms with Crippen molar-refractivity contribution < 1.29 is 9.59 Å². The fourth-order valence-electron chi connectivity index (χ4n) is 4.96. The molecular formula is C18H30N4O2. The molecule has 6 nitrogen and oxygen atoms in total. The normalized spacial score (nSPS) is 37.5. The zero-order valence-electron chi connectivity index (χ0n) is 14.6. The van der Waals surface area contributed by atoms with Crippen molar-refractivity contribution in [2.24, 2.45) is 23.5 Å². The number of nitrogens with one attached hydrogen (secondary N) is 1. The first kappa shape index (κ1) is 16.3. The van der Waals surface area contributed by atoms with Crippen LogP contribution in [0.1, 0.15) is 39.0 Å². The number of hydrogen-bond donors (Lipinski definition) is 2. The van der Waals surface area contributed by atoms with Gasteiger partial charge in [0.05, 0.1) is 12.0 Å². The van der Waals surface area contributed by atoms with Gasteiger partial charge in [-0.25, -0.2) is 0 Å². The third kappa shape index (κ3) is 2.94. The summed E-state index contributed by atoms with van der Waals surface area (Å²) in [7, 11) is 0. The van der Waals surface area contributed by atoms with E-state index in [2.05, 4.69) is 10.2 Å². The Morgan fingerprint density at radius 3 is 2.29 bits per heavy atom. The third-order valence-corrected chi connectivity index (χ3v) is 6.74. The Balaban J connectivity index is 1.29. The van der Waals surface area contributed by atoms with Crippen LogP contribution in [0.2, 0.25) is 0 Å². The smallest absolute Gasteiger partial charge is 0.237 e. The number of rotatable bonds is 4. The molecule has 134 valence electrons. The Labute approximate surface area is 144 Å². The molecule has 4 fully saturated rings. The van der Waals surface area contributed by atoms with Crippen molar-refractivity contribution in [1.82, 2.24) is 15.1 Å². The predicted molar refractivity (Wildman–Crippen MR) is 91.1 cm³/mol. The van der Waals surface area contributed by atoms with Gasteiger partial charge in [0.1, 0.15) is 0 Å². The molecule has 1 aliphatic heterocycles. The van der Waals surface area contributed by atoms with Crippen molar-refractivity contribution in [3.05, 3.63) is 0 Å². The first-order valence-electron chi connectivity index (χ1n) is 9.63. The molecule has 1 heterocycles. The summed E-state index contributed by atoms with van der Waals surface area (Å²) in [6.45, 7) is 4.98. The number of amides is 2. The van der Waals surface area contributed by atoms with E-state index in [1.165, 1.54) is 12.8 Å². The molecule has 24 heavy (non-hydrogen) atoms. The topological polar surface area (TPSA) is 78.7 Å². The van der Waals surface area contributed by atoms with Crippen LogP contribution in [0.4, 0.5) is 0 Å². The molecule has 0 aromatic rings. The average molecular weight is 334 g/mol. The van der Waals surface area contributed by atoms with E-state index in [4.69, 9.17) is 5.73 Å². The lowest BCUT2D eigenvalue weighted by Gasteiger charge is -2.40. The number of carbonyl (C=O) groups is 2. The summed E-state index contributed by atoms with van der Waals surface area (Å²) in [4.78, 5) is 29.3. The van der Waals surface area contributed by atoms with Crippen LogP contribution in [0.3, 0.4) is 0 Å². The highest BCUT2D eigenvalue weighted by molar-refractivity contribution is 5.82. The maximum absolute atomic E-state index is 12.9. The van der Waals surface area contributed by atoms with Crippen LogP contribution < -0.4 is 11.1 Å². The SMILES string of the molecule is CC(C(=O)NC1CC1)N1CCN(C(=O)C2C3CCC(C3)C2N)CC1. The summed E-state index contributed by atoms with van der Waals surface area (Å²) in [5.74, 6) is 1.53. The first-order chi connectivity index (χ1) is 11.5. The van der Waals surface area contributed by atoms with E-state index >= 15 is 0 Å². The zero-order chi connectivity index (χ0) is 16.8. The Kier molecular flexibility index (Phi) is 4.29. The van der Waals surface area contributed by atoms with Gasteiger partial charge in [0.2, 0.25) is 11.8 Å². The Bertz CT molecular complexity index is 511. The van der Waals surface area contributed by atoms with Crippen molar-refractivity contribution in [2.45, 2.75) is 57.2 Å². The van der Waals surface area contributed by atoms with Crippen LogP contribution in [0, 0.1) is 17.8 Å². The van der Waals surface area contributed by atoms with E-state index in [9.17, 15) is 9.59 Å². The molecule has 3 saturated carbocycles. The third-order valence-electron chi connectivity index (χ3n) is 6.74. The van der Waals surface area contributed by atoms with Gasteiger partial charge < -0.3 is 16.0 Å². The van der Waals surface area contributed by atoms with E-state index < -0.39 is 0 Å². The minimum Gasteiger partial charge on any atom is -0.352 e. The molecule has 2 bridgehead atoms. The van der Waals surface area contributed by atoms with Crippen molar-refractivity contribution >= 4 is 11.8 Å². The highest BCUT2D eigenvalue weighted by Crippen LogP contribution is 2.48. The van der Waals surface area contributed by atoms with Crippen LogP contribution in [0.25, 0.3) is 0 Å². The summed E-state index contributed by atoms with van der Waals surface area (Å²) < 4.78 is 0. The molecule has 2 amide bonds. The minimum atomic E-state index is -0.104. The van der Waals surface area contributed by atoms with E-state index in [0.29, 0.717) is 17.9 Å². The van der Waals surface area contributed by atoms with E-state index in [1.54, 1.807) is 0 Å². The molecule has 0 spiro atoms. The number of carbonyl (C=O) groups excluding carboxylic acids is 2. The zero-order valence-corrected chi connectivity index (χ0v) is 14.6. The molecule has 3 aliphatic carbocycles. The Morgan fingerprint density at radius 2 is 1.71 bits per heavy atom. The van der Waals surface area contributed by atoms with Crippen LogP contribution in [-0.4, -0.2) is 65.9 Å². The quantitative estimate of drug-likeness (QED) is 0.768. The van der Waals surface area contributed by atoms with Gasteiger partial charge >= 0.3 is 0 Å². The van der Waals surface area contributed by atoms with Gasteiger partial charge in [0, 0.05) is 38.3 Å². The van der Waals surface area contributed by atoms with Gasteiger partial charge in [-0.3, -0.25) is 14.5 Å².